The van der Waals surface area contributed by atoms with Crippen molar-refractivity contribution in [3.05, 3.63) is 53.3 Å². The molecule has 0 aliphatic carbocycles. The molecule has 1 heterocycles. The molecule has 24 heavy (non-hydrogen) atoms. The number of carbonyl (C=O) groups excluding carboxylic acids is 1. The van der Waals surface area contributed by atoms with Crippen LogP contribution in [0.15, 0.2) is 36.4 Å². The van der Waals surface area contributed by atoms with E-state index in [0.29, 0.717) is 22.7 Å². The molecule has 0 bridgehead atoms. The first kappa shape index (κ1) is 16.3. The van der Waals surface area contributed by atoms with E-state index < -0.39 is 0 Å². The number of aryl methyl sites for hydroxylation is 1. The van der Waals surface area contributed by atoms with Gasteiger partial charge in [0.05, 0.1) is 0 Å². The Bertz CT molecular complexity index is 786. The predicted octanol–water partition coefficient (Wildman–Crippen LogP) is 3.87. The van der Waals surface area contributed by atoms with Crippen LogP contribution in [0.3, 0.4) is 0 Å². The van der Waals surface area contributed by atoms with Gasteiger partial charge < -0.3 is 14.8 Å². The maximum Gasteiger partial charge on any atom is 0.262 e. The summed E-state index contributed by atoms with van der Waals surface area (Å²) < 4.78 is 24.6. The van der Waals surface area contributed by atoms with Crippen molar-refractivity contribution in [3.8, 4) is 11.5 Å². The molecule has 0 spiro atoms. The summed E-state index contributed by atoms with van der Waals surface area (Å²) in [6.45, 7) is 5.62. The number of rotatable bonds is 4. The molecule has 0 radical (unpaired) electrons. The second-order valence-corrected chi connectivity index (χ2v) is 6.58. The Morgan fingerprint density at radius 2 is 2.12 bits per heavy atom. The van der Waals surface area contributed by atoms with Crippen LogP contribution in [0.2, 0.25) is 0 Å². The lowest BCUT2D eigenvalue weighted by Gasteiger charge is -2.18. The summed E-state index contributed by atoms with van der Waals surface area (Å²) in [5.74, 6) is 0.623. The SMILES string of the molecule is Cc1cc(F)ccc1NC(=O)COc1cccc2c1OC(C)(C)C2. The molecule has 5 heteroatoms. The first-order valence-electron chi connectivity index (χ1n) is 7.84. The van der Waals surface area contributed by atoms with E-state index in [9.17, 15) is 9.18 Å². The van der Waals surface area contributed by atoms with Crippen LogP contribution in [0.1, 0.15) is 25.0 Å². The van der Waals surface area contributed by atoms with Gasteiger partial charge in [-0.05, 0) is 50.6 Å². The van der Waals surface area contributed by atoms with Crippen LogP contribution < -0.4 is 14.8 Å². The van der Waals surface area contributed by atoms with Gasteiger partial charge in [-0.1, -0.05) is 12.1 Å². The van der Waals surface area contributed by atoms with Crippen LogP contribution in [0.4, 0.5) is 10.1 Å². The van der Waals surface area contributed by atoms with Crippen molar-refractivity contribution in [3.63, 3.8) is 0 Å². The molecule has 3 rings (SSSR count). The van der Waals surface area contributed by atoms with Gasteiger partial charge in [-0.15, -0.1) is 0 Å². The molecule has 2 aromatic carbocycles. The van der Waals surface area contributed by atoms with Gasteiger partial charge in [0.25, 0.3) is 5.91 Å². The largest absolute Gasteiger partial charge is 0.483 e. The van der Waals surface area contributed by atoms with Crippen LogP contribution in [0.5, 0.6) is 11.5 Å². The van der Waals surface area contributed by atoms with E-state index >= 15 is 0 Å². The van der Waals surface area contributed by atoms with E-state index in [1.54, 1.807) is 13.0 Å². The molecule has 1 N–H and O–H groups in total. The maximum atomic E-state index is 13.1. The average Bonchev–Trinajstić information content (AvgIpc) is 2.82. The molecule has 0 atom stereocenters. The van der Waals surface area contributed by atoms with E-state index in [4.69, 9.17) is 9.47 Å². The Morgan fingerprint density at radius 1 is 1.33 bits per heavy atom. The summed E-state index contributed by atoms with van der Waals surface area (Å²) >= 11 is 0. The average molecular weight is 329 g/mol. The second kappa shape index (κ2) is 6.15. The number of benzene rings is 2. The summed E-state index contributed by atoms with van der Waals surface area (Å²) in [7, 11) is 0. The highest BCUT2D eigenvalue weighted by atomic mass is 19.1. The summed E-state index contributed by atoms with van der Waals surface area (Å²) in [4.78, 5) is 12.1. The molecule has 2 aromatic rings. The van der Waals surface area contributed by atoms with Gasteiger partial charge in [0.2, 0.25) is 0 Å². The molecule has 4 nitrogen and oxygen atoms in total. The lowest BCUT2D eigenvalue weighted by Crippen LogP contribution is -2.25. The van der Waals surface area contributed by atoms with Crippen molar-refractivity contribution in [1.29, 1.82) is 0 Å². The highest BCUT2D eigenvalue weighted by molar-refractivity contribution is 5.92. The molecule has 1 amide bonds. The molecule has 0 fully saturated rings. The minimum Gasteiger partial charge on any atom is -0.483 e. The molecule has 0 saturated heterocycles. The molecule has 0 saturated carbocycles. The minimum absolute atomic E-state index is 0.142. The Balaban J connectivity index is 1.65. The Hall–Kier alpha value is -2.56. The maximum absolute atomic E-state index is 13.1. The summed E-state index contributed by atoms with van der Waals surface area (Å²) in [6.07, 6.45) is 0.806. The lowest BCUT2D eigenvalue weighted by atomic mass is 10.0. The Morgan fingerprint density at radius 3 is 2.88 bits per heavy atom. The van der Waals surface area contributed by atoms with E-state index in [0.717, 1.165) is 12.0 Å². The van der Waals surface area contributed by atoms with Crippen LogP contribution in [-0.4, -0.2) is 18.1 Å². The monoisotopic (exact) mass is 329 g/mol. The molecular formula is C19H20FNO3. The number of anilines is 1. The van der Waals surface area contributed by atoms with Gasteiger partial charge in [0.1, 0.15) is 11.4 Å². The van der Waals surface area contributed by atoms with Crippen molar-refractivity contribution in [2.45, 2.75) is 32.8 Å². The van der Waals surface area contributed by atoms with Crippen molar-refractivity contribution in [2.75, 3.05) is 11.9 Å². The first-order chi connectivity index (χ1) is 11.3. The fourth-order valence-electron chi connectivity index (χ4n) is 2.80. The number of fused-ring (bicyclic) bond motifs is 1. The number of carbonyl (C=O) groups is 1. The van der Waals surface area contributed by atoms with E-state index in [-0.39, 0.29) is 23.9 Å². The van der Waals surface area contributed by atoms with Gasteiger partial charge in [0.15, 0.2) is 18.1 Å². The van der Waals surface area contributed by atoms with Crippen molar-refractivity contribution in [1.82, 2.24) is 0 Å². The lowest BCUT2D eigenvalue weighted by molar-refractivity contribution is -0.118. The minimum atomic E-state index is -0.332. The number of nitrogens with one attached hydrogen (secondary N) is 1. The predicted molar refractivity (Wildman–Crippen MR) is 90.1 cm³/mol. The van der Waals surface area contributed by atoms with Gasteiger partial charge in [-0.2, -0.15) is 0 Å². The molecular weight excluding hydrogens is 309 g/mol. The van der Waals surface area contributed by atoms with Crippen LogP contribution in [-0.2, 0) is 11.2 Å². The first-order valence-corrected chi connectivity index (χ1v) is 7.84. The zero-order chi connectivity index (χ0) is 17.3. The third-order valence-electron chi connectivity index (χ3n) is 3.88. The topological polar surface area (TPSA) is 47.6 Å². The highest BCUT2D eigenvalue weighted by Crippen LogP contribution is 2.41. The summed E-state index contributed by atoms with van der Waals surface area (Å²) in [5, 5.41) is 2.72. The smallest absolute Gasteiger partial charge is 0.262 e. The molecule has 1 aliphatic heterocycles. The zero-order valence-electron chi connectivity index (χ0n) is 14.0. The molecule has 0 aromatic heterocycles. The number of ether oxygens (including phenoxy) is 2. The third kappa shape index (κ3) is 3.50. The van der Waals surface area contributed by atoms with E-state index in [1.807, 2.05) is 26.0 Å². The van der Waals surface area contributed by atoms with Crippen molar-refractivity contribution >= 4 is 11.6 Å². The van der Waals surface area contributed by atoms with Crippen LogP contribution in [0, 0.1) is 12.7 Å². The number of hydrogen-bond donors (Lipinski definition) is 1. The van der Waals surface area contributed by atoms with Crippen molar-refractivity contribution in [2.24, 2.45) is 0 Å². The fourth-order valence-corrected chi connectivity index (χ4v) is 2.80. The number of halogens is 1. The quantitative estimate of drug-likeness (QED) is 0.926. The van der Waals surface area contributed by atoms with E-state index in [2.05, 4.69) is 5.32 Å². The van der Waals surface area contributed by atoms with E-state index in [1.165, 1.54) is 18.2 Å². The summed E-state index contributed by atoms with van der Waals surface area (Å²) in [5.41, 5.74) is 2.04. The molecule has 1 aliphatic rings. The second-order valence-electron chi connectivity index (χ2n) is 6.58. The number of hydrogen-bond acceptors (Lipinski definition) is 3. The van der Waals surface area contributed by atoms with Gasteiger partial charge in [-0.3, -0.25) is 4.79 Å². The highest BCUT2D eigenvalue weighted by Gasteiger charge is 2.32. The molecule has 0 unspecified atom stereocenters. The number of amides is 1. The Kier molecular flexibility index (Phi) is 4.18. The Labute approximate surface area is 140 Å². The normalized spacial score (nSPS) is 14.7. The fraction of sp³-hybridized carbons (Fsp3) is 0.316. The van der Waals surface area contributed by atoms with Gasteiger partial charge >= 0.3 is 0 Å². The van der Waals surface area contributed by atoms with Gasteiger partial charge in [0, 0.05) is 17.7 Å². The van der Waals surface area contributed by atoms with Crippen molar-refractivity contribution < 1.29 is 18.7 Å². The molecule has 126 valence electrons. The van der Waals surface area contributed by atoms with Crippen LogP contribution in [0.25, 0.3) is 0 Å². The number of para-hydroxylation sites is 1. The van der Waals surface area contributed by atoms with Gasteiger partial charge in [-0.25, -0.2) is 4.39 Å². The zero-order valence-corrected chi connectivity index (χ0v) is 14.0. The van der Waals surface area contributed by atoms with Crippen LogP contribution >= 0.6 is 0 Å². The summed E-state index contributed by atoms with van der Waals surface area (Å²) in [6, 6.07) is 9.89. The standard InChI is InChI=1S/C19H20FNO3/c1-12-9-14(20)7-8-15(12)21-17(22)11-23-16-6-4-5-13-10-19(2,3)24-18(13)16/h4-9H,10-11H2,1-3H3,(H,21,22). The third-order valence-corrected chi connectivity index (χ3v) is 3.88.